The van der Waals surface area contributed by atoms with Gasteiger partial charge in [-0.05, 0) is 12.3 Å². The molecule has 0 bridgehead atoms. The van der Waals surface area contributed by atoms with E-state index in [1.54, 1.807) is 0 Å². The van der Waals surface area contributed by atoms with Crippen molar-refractivity contribution in [2.75, 3.05) is 6.54 Å². The fraction of sp³-hybridized carbons (Fsp3) is 0.462. The van der Waals surface area contributed by atoms with E-state index in [1.807, 2.05) is 13.8 Å². The number of aromatic nitrogens is 2. The number of carbonyl (C=O) groups excluding carboxylic acids is 2. The van der Waals surface area contributed by atoms with Crippen LogP contribution in [0.25, 0.3) is 0 Å². The Morgan fingerprint density at radius 3 is 2.29 bits per heavy atom. The van der Waals surface area contributed by atoms with Gasteiger partial charge in [0.05, 0.1) is 5.92 Å². The van der Waals surface area contributed by atoms with Gasteiger partial charge in [0.25, 0.3) is 11.8 Å². The number of hydrogen-bond acceptors (Lipinski definition) is 5. The summed E-state index contributed by atoms with van der Waals surface area (Å²) in [5.41, 5.74) is 4.65. The SMILES string of the molecule is CC(C)CC(CNC(=O)c1nccnc1C(N)=O)C(=O)O. The van der Waals surface area contributed by atoms with E-state index in [-0.39, 0.29) is 23.9 Å². The first-order valence-electron chi connectivity index (χ1n) is 6.44. The van der Waals surface area contributed by atoms with Crippen LogP contribution in [0.15, 0.2) is 12.4 Å². The van der Waals surface area contributed by atoms with Crippen molar-refractivity contribution in [2.45, 2.75) is 20.3 Å². The molecule has 0 aromatic carbocycles. The summed E-state index contributed by atoms with van der Waals surface area (Å²) in [4.78, 5) is 41.7. The number of carboxylic acid groups (broad SMARTS) is 1. The summed E-state index contributed by atoms with van der Waals surface area (Å²) in [6.07, 6.45) is 2.93. The van der Waals surface area contributed by atoms with Gasteiger partial charge in [0.15, 0.2) is 11.4 Å². The van der Waals surface area contributed by atoms with E-state index in [4.69, 9.17) is 10.8 Å². The van der Waals surface area contributed by atoms with E-state index in [2.05, 4.69) is 15.3 Å². The average Bonchev–Trinajstić information content (AvgIpc) is 2.42. The van der Waals surface area contributed by atoms with Crippen LogP contribution in [0.4, 0.5) is 0 Å². The number of rotatable bonds is 7. The lowest BCUT2D eigenvalue weighted by molar-refractivity contribution is -0.142. The van der Waals surface area contributed by atoms with E-state index < -0.39 is 23.7 Å². The Balaban J connectivity index is 2.77. The van der Waals surface area contributed by atoms with Crippen molar-refractivity contribution < 1.29 is 19.5 Å². The third-order valence-electron chi connectivity index (χ3n) is 2.76. The molecule has 0 fully saturated rings. The lowest BCUT2D eigenvalue weighted by Gasteiger charge is -2.15. The zero-order valence-corrected chi connectivity index (χ0v) is 11.9. The summed E-state index contributed by atoms with van der Waals surface area (Å²) in [7, 11) is 0. The van der Waals surface area contributed by atoms with Gasteiger partial charge >= 0.3 is 5.97 Å². The maximum absolute atomic E-state index is 12.0. The second-order valence-electron chi connectivity index (χ2n) is 4.99. The first kappa shape index (κ1) is 16.5. The largest absolute Gasteiger partial charge is 0.481 e. The van der Waals surface area contributed by atoms with Crippen LogP contribution in [0.2, 0.25) is 0 Å². The quantitative estimate of drug-likeness (QED) is 0.650. The summed E-state index contributed by atoms with van der Waals surface area (Å²) >= 11 is 0. The van der Waals surface area contributed by atoms with Crippen LogP contribution < -0.4 is 11.1 Å². The van der Waals surface area contributed by atoms with Crippen molar-refractivity contribution in [3.63, 3.8) is 0 Å². The molecule has 0 spiro atoms. The van der Waals surface area contributed by atoms with Crippen molar-refractivity contribution in [1.82, 2.24) is 15.3 Å². The lowest BCUT2D eigenvalue weighted by Crippen LogP contribution is -2.35. The number of nitrogens with one attached hydrogen (secondary N) is 1. The molecule has 1 aromatic heterocycles. The Morgan fingerprint density at radius 1 is 1.24 bits per heavy atom. The molecule has 0 radical (unpaired) electrons. The Bertz CT molecular complexity index is 545. The molecular formula is C13H18N4O4. The van der Waals surface area contributed by atoms with Crippen LogP contribution in [0.1, 0.15) is 41.2 Å². The van der Waals surface area contributed by atoms with Crippen LogP contribution >= 0.6 is 0 Å². The molecule has 1 unspecified atom stereocenters. The predicted octanol–water partition coefficient (Wildman–Crippen LogP) is 0.0522. The molecule has 21 heavy (non-hydrogen) atoms. The molecule has 0 saturated carbocycles. The van der Waals surface area contributed by atoms with E-state index in [0.717, 1.165) is 0 Å². The standard InChI is InChI=1S/C13H18N4O4/c1-7(2)5-8(13(20)21)6-17-12(19)10-9(11(14)18)15-3-4-16-10/h3-4,7-8H,5-6H2,1-2H3,(H2,14,18)(H,17,19)(H,20,21). The molecular weight excluding hydrogens is 276 g/mol. The van der Waals surface area contributed by atoms with Gasteiger partial charge in [0.2, 0.25) is 0 Å². The molecule has 114 valence electrons. The number of carboxylic acids is 1. The van der Waals surface area contributed by atoms with E-state index in [1.165, 1.54) is 12.4 Å². The molecule has 1 aromatic rings. The van der Waals surface area contributed by atoms with E-state index >= 15 is 0 Å². The van der Waals surface area contributed by atoms with Gasteiger partial charge < -0.3 is 16.2 Å². The van der Waals surface area contributed by atoms with Gasteiger partial charge in [0.1, 0.15) is 0 Å². The number of nitrogens with zero attached hydrogens (tertiary/aromatic N) is 2. The number of amides is 2. The van der Waals surface area contributed by atoms with Crippen molar-refractivity contribution in [3.8, 4) is 0 Å². The highest BCUT2D eigenvalue weighted by Gasteiger charge is 2.22. The minimum Gasteiger partial charge on any atom is -0.481 e. The van der Waals surface area contributed by atoms with Gasteiger partial charge in [-0.15, -0.1) is 0 Å². The van der Waals surface area contributed by atoms with Crippen LogP contribution in [-0.4, -0.2) is 39.4 Å². The Morgan fingerprint density at radius 2 is 1.81 bits per heavy atom. The molecule has 1 heterocycles. The summed E-state index contributed by atoms with van der Waals surface area (Å²) in [6, 6.07) is 0. The number of hydrogen-bond donors (Lipinski definition) is 3. The third kappa shape index (κ3) is 4.83. The normalized spacial score (nSPS) is 12.0. The molecule has 0 saturated heterocycles. The maximum atomic E-state index is 12.0. The summed E-state index contributed by atoms with van der Waals surface area (Å²) in [5.74, 6) is -3.06. The molecule has 1 rings (SSSR count). The molecule has 1 atom stereocenters. The first-order chi connectivity index (χ1) is 9.82. The minimum absolute atomic E-state index is 0.0544. The summed E-state index contributed by atoms with van der Waals surface area (Å²) in [6.45, 7) is 3.73. The maximum Gasteiger partial charge on any atom is 0.308 e. The highest BCUT2D eigenvalue weighted by Crippen LogP contribution is 2.11. The van der Waals surface area contributed by atoms with Crippen molar-refractivity contribution >= 4 is 17.8 Å². The monoisotopic (exact) mass is 294 g/mol. The molecule has 0 aliphatic rings. The fourth-order valence-electron chi connectivity index (χ4n) is 1.82. The molecule has 2 amide bonds. The number of primary amides is 1. The van der Waals surface area contributed by atoms with Gasteiger partial charge in [-0.25, -0.2) is 9.97 Å². The van der Waals surface area contributed by atoms with Gasteiger partial charge in [-0.1, -0.05) is 13.8 Å². The summed E-state index contributed by atoms with van der Waals surface area (Å²) in [5, 5.41) is 11.5. The lowest BCUT2D eigenvalue weighted by atomic mass is 9.97. The number of aliphatic carboxylic acids is 1. The second-order valence-corrected chi connectivity index (χ2v) is 4.99. The molecule has 4 N–H and O–H groups in total. The van der Waals surface area contributed by atoms with Gasteiger partial charge in [0, 0.05) is 18.9 Å². The molecule has 0 aliphatic heterocycles. The fourth-order valence-corrected chi connectivity index (χ4v) is 1.82. The Hall–Kier alpha value is -2.51. The van der Waals surface area contributed by atoms with Crippen LogP contribution in [0, 0.1) is 11.8 Å². The Labute approximate surface area is 121 Å². The molecule has 0 aliphatic carbocycles. The second kappa shape index (κ2) is 7.32. The first-order valence-corrected chi connectivity index (χ1v) is 6.44. The van der Waals surface area contributed by atoms with Gasteiger partial charge in [-0.3, -0.25) is 14.4 Å². The predicted molar refractivity (Wildman–Crippen MR) is 73.5 cm³/mol. The zero-order valence-electron chi connectivity index (χ0n) is 11.9. The van der Waals surface area contributed by atoms with Crippen LogP contribution in [0.3, 0.4) is 0 Å². The number of nitrogens with two attached hydrogens (primary N) is 1. The van der Waals surface area contributed by atoms with E-state index in [9.17, 15) is 14.4 Å². The van der Waals surface area contributed by atoms with Crippen molar-refractivity contribution in [2.24, 2.45) is 17.6 Å². The topological polar surface area (TPSA) is 135 Å². The van der Waals surface area contributed by atoms with Crippen molar-refractivity contribution in [1.29, 1.82) is 0 Å². The van der Waals surface area contributed by atoms with Crippen LogP contribution in [0.5, 0.6) is 0 Å². The minimum atomic E-state index is -0.988. The van der Waals surface area contributed by atoms with E-state index in [0.29, 0.717) is 6.42 Å². The molecule has 8 nitrogen and oxygen atoms in total. The number of carbonyl (C=O) groups is 3. The van der Waals surface area contributed by atoms with Crippen LogP contribution in [-0.2, 0) is 4.79 Å². The highest BCUT2D eigenvalue weighted by atomic mass is 16.4. The van der Waals surface area contributed by atoms with Crippen molar-refractivity contribution in [3.05, 3.63) is 23.8 Å². The zero-order chi connectivity index (χ0) is 16.0. The molecule has 8 heteroatoms. The average molecular weight is 294 g/mol. The summed E-state index contributed by atoms with van der Waals surface area (Å²) < 4.78 is 0. The van der Waals surface area contributed by atoms with Gasteiger partial charge in [-0.2, -0.15) is 0 Å². The Kier molecular flexibility index (Phi) is 5.77. The smallest absolute Gasteiger partial charge is 0.308 e. The third-order valence-corrected chi connectivity index (χ3v) is 2.76. The highest BCUT2D eigenvalue weighted by molar-refractivity contribution is 6.04.